The van der Waals surface area contributed by atoms with Crippen molar-refractivity contribution in [2.24, 2.45) is 5.73 Å². The summed E-state index contributed by atoms with van der Waals surface area (Å²) < 4.78 is 19.3. The van der Waals surface area contributed by atoms with Crippen molar-refractivity contribution < 1.29 is 9.13 Å². The number of fused-ring (bicyclic) bond motifs is 1. The molecule has 0 saturated heterocycles. The van der Waals surface area contributed by atoms with Gasteiger partial charge in [-0.25, -0.2) is 4.39 Å². The van der Waals surface area contributed by atoms with Crippen molar-refractivity contribution in [3.05, 3.63) is 51.0 Å². The van der Waals surface area contributed by atoms with E-state index in [1.165, 1.54) is 17.6 Å². The average Bonchev–Trinajstić information content (AvgIpc) is 2.90. The third-order valence-electron chi connectivity index (χ3n) is 3.50. The van der Waals surface area contributed by atoms with Crippen molar-refractivity contribution in [1.29, 1.82) is 0 Å². The van der Waals surface area contributed by atoms with E-state index in [0.29, 0.717) is 5.56 Å². The normalized spacial score (nSPS) is 15.8. The Morgan fingerprint density at radius 1 is 1.40 bits per heavy atom. The Bertz CT molecular complexity index is 603. The number of thioether (sulfide) groups is 1. The number of hydrogen-bond acceptors (Lipinski definition) is 4. The molecule has 2 nitrogen and oxygen atoms in total. The van der Waals surface area contributed by atoms with Crippen molar-refractivity contribution in [3.8, 4) is 5.75 Å². The van der Waals surface area contributed by atoms with Crippen molar-refractivity contribution in [2.75, 3.05) is 12.9 Å². The number of hydrogen-bond donors (Lipinski definition) is 1. The Hall–Kier alpha value is -1.04. The van der Waals surface area contributed by atoms with E-state index in [1.54, 1.807) is 29.5 Å². The van der Waals surface area contributed by atoms with Gasteiger partial charge in [0.15, 0.2) is 11.6 Å². The summed E-state index contributed by atoms with van der Waals surface area (Å²) in [6, 6.07) is 6.83. The lowest BCUT2D eigenvalue weighted by atomic mass is 10.0. The molecule has 0 aliphatic carbocycles. The second kappa shape index (κ2) is 5.76. The smallest absolute Gasteiger partial charge is 0.170 e. The average molecular weight is 309 g/mol. The van der Waals surface area contributed by atoms with Gasteiger partial charge < -0.3 is 10.5 Å². The minimum Gasteiger partial charge on any atom is -0.494 e. The van der Waals surface area contributed by atoms with Crippen LogP contribution in [0.2, 0.25) is 0 Å². The minimum absolute atomic E-state index is 0.245. The maximum Gasteiger partial charge on any atom is 0.170 e. The molecular weight excluding hydrogens is 293 g/mol. The third kappa shape index (κ3) is 2.45. The highest BCUT2D eigenvalue weighted by molar-refractivity contribution is 7.98. The highest BCUT2D eigenvalue weighted by atomic mass is 32.2. The highest BCUT2D eigenvalue weighted by Crippen LogP contribution is 2.37. The zero-order chi connectivity index (χ0) is 14.1. The number of benzene rings is 1. The van der Waals surface area contributed by atoms with Crippen LogP contribution in [0.5, 0.6) is 5.75 Å². The monoisotopic (exact) mass is 309 g/mol. The number of rotatable bonds is 3. The van der Waals surface area contributed by atoms with Gasteiger partial charge in [-0.2, -0.15) is 11.8 Å². The van der Waals surface area contributed by atoms with Gasteiger partial charge in [0.25, 0.3) is 0 Å². The first-order valence-corrected chi connectivity index (χ1v) is 8.45. The molecule has 1 unspecified atom stereocenters. The quantitative estimate of drug-likeness (QED) is 0.938. The lowest BCUT2D eigenvalue weighted by Gasteiger charge is -2.13. The molecule has 0 fully saturated rings. The van der Waals surface area contributed by atoms with E-state index < -0.39 is 6.04 Å². The van der Waals surface area contributed by atoms with Crippen molar-refractivity contribution in [3.63, 3.8) is 0 Å². The summed E-state index contributed by atoms with van der Waals surface area (Å²) in [4.78, 5) is 2.43. The fourth-order valence-electron chi connectivity index (χ4n) is 2.40. The van der Waals surface area contributed by atoms with Crippen LogP contribution in [0.3, 0.4) is 0 Å². The molecule has 1 aromatic carbocycles. The van der Waals surface area contributed by atoms with Crippen LogP contribution in [-0.2, 0) is 12.2 Å². The second-order valence-electron chi connectivity index (χ2n) is 4.74. The van der Waals surface area contributed by atoms with Crippen LogP contribution in [0.4, 0.5) is 4.39 Å². The van der Waals surface area contributed by atoms with Crippen LogP contribution in [0.1, 0.15) is 26.9 Å². The number of nitrogens with two attached hydrogens (primary N) is 1. The first kappa shape index (κ1) is 13.9. The van der Waals surface area contributed by atoms with E-state index in [0.717, 1.165) is 22.8 Å². The topological polar surface area (TPSA) is 35.2 Å². The molecule has 3 rings (SSSR count). The van der Waals surface area contributed by atoms with Crippen LogP contribution >= 0.6 is 23.1 Å². The van der Waals surface area contributed by atoms with Gasteiger partial charge in [0.2, 0.25) is 0 Å². The first-order valence-electron chi connectivity index (χ1n) is 6.48. The summed E-state index contributed by atoms with van der Waals surface area (Å²) in [7, 11) is 1.47. The lowest BCUT2D eigenvalue weighted by molar-refractivity contribution is 0.383. The van der Waals surface area contributed by atoms with E-state index in [1.807, 2.05) is 11.8 Å². The summed E-state index contributed by atoms with van der Waals surface area (Å²) in [5, 5.41) is 0. The molecule has 0 amide bonds. The summed E-state index contributed by atoms with van der Waals surface area (Å²) in [6.07, 6.45) is 1.10. The molecule has 1 aliphatic heterocycles. The van der Waals surface area contributed by atoms with Gasteiger partial charge in [0.1, 0.15) is 0 Å². The van der Waals surface area contributed by atoms with Crippen LogP contribution < -0.4 is 10.5 Å². The second-order valence-corrected chi connectivity index (χ2v) is 7.01. The zero-order valence-corrected chi connectivity index (χ0v) is 12.8. The summed E-state index contributed by atoms with van der Waals surface area (Å²) in [5.41, 5.74) is 8.12. The van der Waals surface area contributed by atoms with Crippen LogP contribution in [0.25, 0.3) is 0 Å². The Morgan fingerprint density at radius 2 is 2.25 bits per heavy atom. The van der Waals surface area contributed by atoms with Gasteiger partial charge in [0, 0.05) is 21.1 Å². The molecule has 0 saturated carbocycles. The molecule has 1 aromatic heterocycles. The number of ether oxygens (including phenoxy) is 1. The van der Waals surface area contributed by atoms with Gasteiger partial charge >= 0.3 is 0 Å². The molecule has 1 aliphatic rings. The predicted octanol–water partition coefficient (Wildman–Crippen LogP) is 3.73. The zero-order valence-electron chi connectivity index (χ0n) is 11.2. The van der Waals surface area contributed by atoms with Crippen LogP contribution in [0, 0.1) is 5.82 Å². The molecule has 1 atom stereocenters. The maximum absolute atomic E-state index is 14.3. The Kier molecular flexibility index (Phi) is 4.01. The van der Waals surface area contributed by atoms with E-state index in [2.05, 4.69) is 6.07 Å². The standard InChI is InChI=1S/C15H16FNOS2/c1-18-11-4-2-3-10(14(11)16)15(17)13-7-9-8-19-6-5-12(9)20-13/h2-4,7,15H,5-6,8,17H2,1H3. The number of halogens is 1. The molecule has 106 valence electrons. The van der Waals surface area contributed by atoms with Gasteiger partial charge in [-0.3, -0.25) is 0 Å². The van der Waals surface area contributed by atoms with E-state index in [9.17, 15) is 4.39 Å². The largest absolute Gasteiger partial charge is 0.494 e. The number of methoxy groups -OCH3 is 1. The van der Waals surface area contributed by atoms with E-state index in [4.69, 9.17) is 10.5 Å². The van der Waals surface area contributed by atoms with Gasteiger partial charge in [-0.15, -0.1) is 11.3 Å². The minimum atomic E-state index is -0.425. The van der Waals surface area contributed by atoms with Crippen molar-refractivity contribution in [1.82, 2.24) is 0 Å². The first-order chi connectivity index (χ1) is 9.70. The summed E-state index contributed by atoms with van der Waals surface area (Å²) in [5.74, 6) is 2.09. The molecule has 2 aromatic rings. The highest BCUT2D eigenvalue weighted by Gasteiger charge is 2.21. The van der Waals surface area contributed by atoms with Crippen molar-refractivity contribution in [2.45, 2.75) is 18.2 Å². The lowest BCUT2D eigenvalue weighted by Crippen LogP contribution is -2.12. The Balaban J connectivity index is 1.96. The molecule has 0 bridgehead atoms. The SMILES string of the molecule is COc1cccc(C(N)c2cc3c(s2)CCSC3)c1F. The fourth-order valence-corrected chi connectivity index (χ4v) is 4.80. The third-order valence-corrected chi connectivity index (χ3v) is 5.83. The van der Waals surface area contributed by atoms with Crippen molar-refractivity contribution >= 4 is 23.1 Å². The van der Waals surface area contributed by atoms with Gasteiger partial charge in [0.05, 0.1) is 13.2 Å². The molecule has 20 heavy (non-hydrogen) atoms. The summed E-state index contributed by atoms with van der Waals surface area (Å²) in [6.45, 7) is 0. The number of thiophene rings is 1. The maximum atomic E-state index is 14.3. The molecule has 2 N–H and O–H groups in total. The van der Waals surface area contributed by atoms with E-state index in [-0.39, 0.29) is 11.6 Å². The van der Waals surface area contributed by atoms with Crippen LogP contribution in [0.15, 0.2) is 24.3 Å². The summed E-state index contributed by atoms with van der Waals surface area (Å²) >= 11 is 3.65. The van der Waals surface area contributed by atoms with Gasteiger partial charge in [-0.1, -0.05) is 12.1 Å². The molecule has 0 radical (unpaired) electrons. The Morgan fingerprint density at radius 3 is 3.00 bits per heavy atom. The van der Waals surface area contributed by atoms with Crippen LogP contribution in [-0.4, -0.2) is 12.9 Å². The fraction of sp³-hybridized carbons (Fsp3) is 0.333. The molecule has 5 heteroatoms. The predicted molar refractivity (Wildman–Crippen MR) is 83.2 cm³/mol. The molecular formula is C15H16FNOS2. The number of aryl methyl sites for hydroxylation is 1. The van der Waals surface area contributed by atoms with E-state index >= 15 is 0 Å². The molecule has 2 heterocycles. The Labute approximate surface area is 126 Å². The molecule has 0 spiro atoms. The van der Waals surface area contributed by atoms with Gasteiger partial charge in [-0.05, 0) is 29.9 Å².